The number of carbonyl (C=O) groups is 4. The quantitative estimate of drug-likeness (QED) is 0.190. The second kappa shape index (κ2) is 14.6. The highest BCUT2D eigenvalue weighted by Crippen LogP contribution is 2.11. The van der Waals surface area contributed by atoms with E-state index in [0.29, 0.717) is 45.4 Å². The highest BCUT2D eigenvalue weighted by molar-refractivity contribution is 6.00. The van der Waals surface area contributed by atoms with Crippen LogP contribution in [0.5, 0.6) is 0 Å². The molecule has 3 amide bonds. The molecule has 0 saturated carbocycles. The lowest BCUT2D eigenvalue weighted by Crippen LogP contribution is -2.42. The van der Waals surface area contributed by atoms with Gasteiger partial charge in [0.2, 0.25) is 6.10 Å². The Hall–Kier alpha value is -2.56. The van der Waals surface area contributed by atoms with Crippen LogP contribution in [0.4, 0.5) is 9.59 Å². The molecule has 2 N–H and O–H groups in total. The molecule has 33 heavy (non-hydrogen) atoms. The number of alkyl carbamates (subject to hydrolysis) is 1. The molecule has 11 heteroatoms. The zero-order valence-corrected chi connectivity index (χ0v) is 21.2. The van der Waals surface area contributed by atoms with Crippen molar-refractivity contribution in [2.75, 3.05) is 40.4 Å². The molecule has 11 nitrogen and oxygen atoms in total. The van der Waals surface area contributed by atoms with E-state index in [2.05, 4.69) is 15.4 Å². The van der Waals surface area contributed by atoms with Crippen molar-refractivity contribution < 1.29 is 38.1 Å². The van der Waals surface area contributed by atoms with Crippen molar-refractivity contribution >= 4 is 24.1 Å². The van der Waals surface area contributed by atoms with Crippen LogP contribution in [0, 0.1) is 0 Å². The first-order chi connectivity index (χ1) is 15.2. The molecular formula is C22H41N3O8. The highest BCUT2D eigenvalue weighted by Gasteiger charge is 2.27. The van der Waals surface area contributed by atoms with Gasteiger partial charge >= 0.3 is 18.2 Å². The fourth-order valence-electron chi connectivity index (χ4n) is 2.54. The maximum Gasteiger partial charge on any atom is 0.410 e. The van der Waals surface area contributed by atoms with Crippen molar-refractivity contribution in [3.05, 3.63) is 0 Å². The first-order valence-electron chi connectivity index (χ1n) is 11.0. The molecule has 0 aromatic heterocycles. The van der Waals surface area contributed by atoms with Crippen molar-refractivity contribution in [1.82, 2.24) is 15.5 Å². The van der Waals surface area contributed by atoms with Gasteiger partial charge in [-0.3, -0.25) is 4.79 Å². The van der Waals surface area contributed by atoms with E-state index < -0.39 is 41.4 Å². The Morgan fingerprint density at radius 2 is 1.33 bits per heavy atom. The minimum atomic E-state index is -1.31. The third-order valence-corrected chi connectivity index (χ3v) is 3.97. The van der Waals surface area contributed by atoms with Crippen LogP contribution in [0.2, 0.25) is 0 Å². The summed E-state index contributed by atoms with van der Waals surface area (Å²) >= 11 is 0. The summed E-state index contributed by atoms with van der Waals surface area (Å²) in [6.45, 7) is 12.1. The normalized spacial score (nSPS) is 12.4. The van der Waals surface area contributed by atoms with E-state index in [4.69, 9.17) is 14.2 Å². The molecule has 0 aliphatic heterocycles. The summed E-state index contributed by atoms with van der Waals surface area (Å²) in [5.41, 5.74) is -1.22. The average Bonchev–Trinajstić information content (AvgIpc) is 2.66. The van der Waals surface area contributed by atoms with E-state index in [9.17, 15) is 19.2 Å². The molecule has 0 aromatic carbocycles. The summed E-state index contributed by atoms with van der Waals surface area (Å²) in [6, 6.07) is 0. The summed E-state index contributed by atoms with van der Waals surface area (Å²) in [6.07, 6.45) is -0.597. The minimum Gasteiger partial charge on any atom is -0.467 e. The Balaban J connectivity index is 4.56. The number of esters is 1. The third kappa shape index (κ3) is 15.0. The number of methoxy groups -OCH3 is 2. The number of nitrogens with zero attached hydrogens (tertiary/aromatic N) is 1. The van der Waals surface area contributed by atoms with Crippen LogP contribution in [0.1, 0.15) is 60.8 Å². The van der Waals surface area contributed by atoms with Gasteiger partial charge in [-0.1, -0.05) is 0 Å². The van der Waals surface area contributed by atoms with Crippen LogP contribution in [0.15, 0.2) is 0 Å². The van der Waals surface area contributed by atoms with Gasteiger partial charge in [-0.15, -0.1) is 0 Å². The first kappa shape index (κ1) is 30.4. The van der Waals surface area contributed by atoms with Gasteiger partial charge in [0.25, 0.3) is 5.91 Å². The van der Waals surface area contributed by atoms with E-state index in [1.165, 1.54) is 14.2 Å². The Morgan fingerprint density at radius 1 is 0.788 bits per heavy atom. The smallest absolute Gasteiger partial charge is 0.410 e. The lowest BCUT2D eigenvalue weighted by atomic mass is 10.2. The fraction of sp³-hybridized carbons (Fsp3) is 0.818. The molecule has 0 aliphatic carbocycles. The van der Waals surface area contributed by atoms with Crippen LogP contribution < -0.4 is 10.6 Å². The van der Waals surface area contributed by atoms with E-state index in [0.717, 1.165) is 0 Å². The number of ether oxygens (including phenoxy) is 4. The lowest BCUT2D eigenvalue weighted by molar-refractivity contribution is -0.158. The summed E-state index contributed by atoms with van der Waals surface area (Å²) in [5, 5.41) is 5.28. The van der Waals surface area contributed by atoms with Crippen molar-refractivity contribution in [3.8, 4) is 0 Å². The van der Waals surface area contributed by atoms with E-state index >= 15 is 0 Å². The van der Waals surface area contributed by atoms with Crippen LogP contribution in [-0.4, -0.2) is 86.7 Å². The fourth-order valence-corrected chi connectivity index (χ4v) is 2.54. The van der Waals surface area contributed by atoms with Crippen LogP contribution in [-0.2, 0) is 28.5 Å². The molecule has 1 atom stereocenters. The monoisotopic (exact) mass is 475 g/mol. The second-order valence-electron chi connectivity index (χ2n) is 9.39. The lowest BCUT2D eigenvalue weighted by Gasteiger charge is -2.27. The molecule has 0 aliphatic rings. The predicted octanol–water partition coefficient (Wildman–Crippen LogP) is 2.22. The van der Waals surface area contributed by atoms with E-state index in [-0.39, 0.29) is 0 Å². The highest BCUT2D eigenvalue weighted by atomic mass is 16.6. The van der Waals surface area contributed by atoms with Crippen molar-refractivity contribution in [2.24, 2.45) is 0 Å². The molecule has 0 spiro atoms. The van der Waals surface area contributed by atoms with E-state index in [1.807, 2.05) is 0 Å². The average molecular weight is 476 g/mol. The number of hydrogen-bond donors (Lipinski definition) is 2. The summed E-state index contributed by atoms with van der Waals surface area (Å²) in [4.78, 5) is 49.3. The number of carbonyl (C=O) groups excluding carboxylic acids is 4. The molecular weight excluding hydrogens is 434 g/mol. The molecule has 0 bridgehead atoms. The van der Waals surface area contributed by atoms with Crippen molar-refractivity contribution in [1.29, 1.82) is 0 Å². The standard InChI is InChI=1S/C22H41N3O8/c1-21(2,3)32-19(28)24-13-11-15-25(20(29)33-22(4,5)6)14-10-9-12-23-17(26)16(30-7)18(27)31-8/h16H,9-15H2,1-8H3,(H,23,26)(H,24,28). The summed E-state index contributed by atoms with van der Waals surface area (Å²) < 4.78 is 20.0. The molecule has 0 heterocycles. The van der Waals surface area contributed by atoms with Crippen molar-refractivity contribution in [2.45, 2.75) is 78.1 Å². The van der Waals surface area contributed by atoms with Gasteiger partial charge in [0.15, 0.2) is 0 Å². The number of unbranched alkanes of at least 4 members (excludes halogenated alkanes) is 1. The number of nitrogens with one attached hydrogen (secondary N) is 2. The Kier molecular flexibility index (Phi) is 13.4. The molecule has 1 unspecified atom stereocenters. The summed E-state index contributed by atoms with van der Waals surface area (Å²) in [5.74, 6) is -1.35. The minimum absolute atomic E-state index is 0.304. The summed E-state index contributed by atoms with van der Waals surface area (Å²) in [7, 11) is 2.42. The molecule has 0 saturated heterocycles. The molecule has 192 valence electrons. The Labute approximate surface area is 196 Å². The van der Waals surface area contributed by atoms with Gasteiger partial charge in [-0.2, -0.15) is 0 Å². The first-order valence-corrected chi connectivity index (χ1v) is 11.0. The van der Waals surface area contributed by atoms with Crippen LogP contribution in [0.3, 0.4) is 0 Å². The maximum absolute atomic E-state index is 12.5. The van der Waals surface area contributed by atoms with Gasteiger partial charge in [-0.25, -0.2) is 14.4 Å². The van der Waals surface area contributed by atoms with Gasteiger partial charge in [0.1, 0.15) is 11.2 Å². The maximum atomic E-state index is 12.5. The van der Waals surface area contributed by atoms with Gasteiger partial charge in [-0.05, 0) is 60.8 Å². The van der Waals surface area contributed by atoms with Crippen LogP contribution in [0.25, 0.3) is 0 Å². The zero-order chi connectivity index (χ0) is 25.7. The molecule has 0 aromatic rings. The molecule has 0 fully saturated rings. The van der Waals surface area contributed by atoms with Crippen LogP contribution >= 0.6 is 0 Å². The number of amides is 3. The SMILES string of the molecule is COC(=O)C(OC)C(=O)NCCCCN(CCCNC(=O)OC(C)(C)C)C(=O)OC(C)(C)C. The zero-order valence-electron chi connectivity index (χ0n) is 21.2. The predicted molar refractivity (Wildman–Crippen MR) is 122 cm³/mol. The Bertz CT molecular complexity index is 641. The van der Waals surface area contributed by atoms with Gasteiger partial charge < -0.3 is 34.5 Å². The topological polar surface area (TPSA) is 132 Å². The van der Waals surface area contributed by atoms with Gasteiger partial charge in [0.05, 0.1) is 7.11 Å². The second-order valence-corrected chi connectivity index (χ2v) is 9.39. The van der Waals surface area contributed by atoms with Gasteiger partial charge in [0, 0.05) is 33.3 Å². The van der Waals surface area contributed by atoms with E-state index in [1.54, 1.807) is 46.4 Å². The Morgan fingerprint density at radius 3 is 1.85 bits per heavy atom. The number of hydrogen-bond acceptors (Lipinski definition) is 8. The molecule has 0 rings (SSSR count). The largest absolute Gasteiger partial charge is 0.467 e. The van der Waals surface area contributed by atoms with Crippen molar-refractivity contribution in [3.63, 3.8) is 0 Å². The molecule has 0 radical (unpaired) electrons. The third-order valence-electron chi connectivity index (χ3n) is 3.97. The number of rotatable bonds is 12.